The Hall–Kier alpha value is -15.2. The third kappa shape index (κ3) is 30.7. The Labute approximate surface area is 876 Å². The number of rotatable bonds is 28. The van der Waals surface area contributed by atoms with Crippen LogP contribution in [0.1, 0.15) is 78.8 Å². The van der Waals surface area contributed by atoms with E-state index in [1.165, 1.54) is 100.0 Å². The monoisotopic (exact) mass is 2170 g/mol. The number of guanidine groups is 4. The summed E-state index contributed by atoms with van der Waals surface area (Å²) in [5, 5.41) is 76.5. The second kappa shape index (κ2) is 53.6. The molecule has 10 aromatic carbocycles. The van der Waals surface area contributed by atoms with E-state index in [0.29, 0.717) is 76.2 Å². The van der Waals surface area contributed by atoms with Crippen molar-refractivity contribution in [2.24, 2.45) is 52.0 Å². The maximum Gasteiger partial charge on any atom is 0.408 e. The Kier molecular flexibility index (Phi) is 40.3. The molecule has 0 saturated heterocycles. The van der Waals surface area contributed by atoms with Crippen LogP contribution in [0.2, 0.25) is 40.2 Å². The predicted molar refractivity (Wildman–Crippen MR) is 544 cm³/mol. The molecule has 5 aliphatic rings. The van der Waals surface area contributed by atoms with Crippen molar-refractivity contribution >= 4 is 180 Å². The molecule has 760 valence electrons. The quantitative estimate of drug-likeness (QED) is 0.00504. The number of alkyl halides is 8. The highest BCUT2D eigenvalue weighted by Crippen LogP contribution is 2.45. The Bertz CT molecular complexity index is 6870. The predicted octanol–water partition coefficient (Wildman–Crippen LogP) is 21.9. The molecule has 4 atom stereocenters. The van der Waals surface area contributed by atoms with Crippen molar-refractivity contribution in [2.75, 3.05) is 45.9 Å². The molecule has 2 amide bonds. The van der Waals surface area contributed by atoms with Crippen molar-refractivity contribution in [1.82, 2.24) is 51.5 Å². The number of likely N-dealkylation sites (N-methyl/N-ethyl adjacent to an activating group) is 1. The first kappa shape index (κ1) is 111. The van der Waals surface area contributed by atoms with Gasteiger partial charge in [0.25, 0.3) is 0 Å². The van der Waals surface area contributed by atoms with Crippen molar-refractivity contribution in [3.8, 4) is 58.9 Å². The molecule has 4 unspecified atom stereocenters. The summed E-state index contributed by atoms with van der Waals surface area (Å²) >= 11 is 48.9. The first-order valence-corrected chi connectivity index (χ1v) is 47.1. The van der Waals surface area contributed by atoms with E-state index in [-0.39, 0.29) is 144 Å². The van der Waals surface area contributed by atoms with Gasteiger partial charge in [-0.25, -0.2) is 44.8 Å². The minimum absolute atomic E-state index is 0.00123. The second-order valence-electron chi connectivity index (χ2n) is 31.3. The van der Waals surface area contributed by atoms with Gasteiger partial charge in [0.1, 0.15) is 36.2 Å². The number of alkyl carbamates (subject to hydrolysis) is 1. The number of nitriles is 4. The highest BCUT2D eigenvalue weighted by Gasteiger charge is 2.40. The number of nitrogens with one attached hydrogen (secondary N) is 5. The molecule has 0 fully saturated rings. The number of amides is 2. The topological polar surface area (TPSA) is 403 Å². The number of hydrogen-bond acceptors (Lipinski definition) is 22. The largest absolute Gasteiger partial charge is 0.465 e. The summed E-state index contributed by atoms with van der Waals surface area (Å²) in [4.78, 5) is 58.0. The van der Waals surface area contributed by atoms with Gasteiger partial charge in [0.05, 0.1) is 137 Å². The van der Waals surface area contributed by atoms with Crippen molar-refractivity contribution < 1.29 is 77.9 Å². The molecule has 0 saturated carbocycles. The molecule has 4 heterocycles. The van der Waals surface area contributed by atoms with E-state index in [2.05, 4.69) is 106 Å². The molecule has 4 aliphatic heterocycles. The van der Waals surface area contributed by atoms with Gasteiger partial charge < -0.3 is 44.4 Å². The van der Waals surface area contributed by atoms with Crippen LogP contribution in [0.5, 0.6) is 23.0 Å². The van der Waals surface area contributed by atoms with E-state index in [9.17, 15) is 65.3 Å². The van der Waals surface area contributed by atoms with Crippen LogP contribution in [0.15, 0.2) is 271 Å². The van der Waals surface area contributed by atoms with E-state index in [0.717, 1.165) is 46.4 Å². The number of halogens is 16. The number of carbonyl (C=O) groups excluding carboxylic acids is 3. The van der Waals surface area contributed by atoms with Gasteiger partial charge in [-0.3, -0.25) is 30.9 Å². The molecule has 0 spiro atoms. The summed E-state index contributed by atoms with van der Waals surface area (Å²) in [6.07, 6.45) is 9.46. The smallest absolute Gasteiger partial charge is 0.408 e. The molecule has 10 aromatic rings. The fourth-order valence-corrected chi connectivity index (χ4v) is 16.6. The van der Waals surface area contributed by atoms with Crippen molar-refractivity contribution in [1.29, 1.82) is 21.0 Å². The van der Waals surface area contributed by atoms with Gasteiger partial charge in [-0.1, -0.05) is 216 Å². The number of hydrogen-bond donors (Lipinski definition) is 6. The first-order valence-electron chi connectivity index (χ1n) is 44.1. The number of carbonyl (C=O) groups is 3. The lowest BCUT2D eigenvalue weighted by Crippen LogP contribution is -2.48. The molecule has 7 N–H and O–H groups in total. The number of aliphatic imine (C=N–C) groups is 4. The summed E-state index contributed by atoms with van der Waals surface area (Å²) in [5.74, 6) is -0.959. The molecular formula is C99H83Cl8F8N23O9. The fourth-order valence-electron chi connectivity index (χ4n) is 15.4. The lowest BCUT2D eigenvalue weighted by Gasteiger charge is -2.29. The van der Waals surface area contributed by atoms with Crippen LogP contribution in [0.25, 0.3) is 11.1 Å². The number of hydrazone groups is 4. The van der Waals surface area contributed by atoms with E-state index in [1.54, 1.807) is 114 Å². The molecule has 1 aliphatic carbocycles. The van der Waals surface area contributed by atoms with Crippen LogP contribution in [-0.2, 0) is 19.1 Å². The average molecular weight is 2170 g/mol. The zero-order chi connectivity index (χ0) is 105. The number of fused-ring (bicyclic) bond motifs is 3. The molecule has 48 heteroatoms. The van der Waals surface area contributed by atoms with Crippen LogP contribution in [0, 0.1) is 51.7 Å². The number of benzene rings is 10. The number of ether oxygens (including phenoxy) is 6. The van der Waals surface area contributed by atoms with Gasteiger partial charge in [0.2, 0.25) is 29.7 Å². The van der Waals surface area contributed by atoms with Gasteiger partial charge in [0, 0.05) is 65.8 Å². The molecule has 0 aromatic heterocycles. The average Bonchev–Trinajstić information content (AvgIpc) is 1.61. The van der Waals surface area contributed by atoms with Gasteiger partial charge >= 0.3 is 38.5 Å². The minimum atomic E-state index is -3.03. The summed E-state index contributed by atoms with van der Waals surface area (Å²) < 4.78 is 129. The second-order valence-corrected chi connectivity index (χ2v) is 34.5. The summed E-state index contributed by atoms with van der Waals surface area (Å²) in [6.45, 7) is -3.32. The number of nitrogens with two attached hydrogens (primary N) is 1. The Balaban J connectivity index is 0.000000180. The summed E-state index contributed by atoms with van der Waals surface area (Å²) in [7, 11) is 0. The molecule has 32 nitrogen and oxygen atoms in total. The van der Waals surface area contributed by atoms with E-state index in [1.807, 2.05) is 54.9 Å². The van der Waals surface area contributed by atoms with E-state index < -0.39 is 56.6 Å². The number of esters is 1. The summed E-state index contributed by atoms with van der Waals surface area (Å²) in [6, 6.07) is 57.2. The standard InChI is InChI=1S/C38H32Cl2F2N6O4.C22H18Cl2F2N6O3.C21H19Cl2F2N5O.C18H14Cl2F2N6O/c1-2-47(34(49)16-17-35(50)51-21-30-28-12-5-3-10-26(28)27-11-4-6-13-29(27)30)33-20-48(46-36(33)23-14-15-31(39)32(40)18-23)38(44-22-43)45-24-8-7-9-25(19-24)52-37(41)42;1-2-8-34-22(33)30-18-11-32(31-19(18)13-6-7-16(23)17(24)9-13)21(28-12-27)29-14-4-3-5-15(10-14)35-20(25)26;1-2-4-14-11-30(29-19(14)13-7-8-17(22)18(23)9-13)21(27-12-26)28-15-5-3-6-16(10-15)31-20(24)25;19-13-5-4-10(6-14(13)20)16-15(24)8-28(27-16)18(25-9-23)26-11-2-1-3-12(7-11)29-17(21)22/h3-15,18-19,30,33,37H,2,16-17,20-21H2,1H3,(H,44,45);2-7,9-10,18,20H,1,8,11H2,(H,28,29)(H,30,33);3,5-10,14,20H,2,4,11H2,1H3,(H,27,28);1-7,15,17H,8,24H2,(H,25,26). The molecule has 15 rings (SSSR count). The van der Waals surface area contributed by atoms with Crippen molar-refractivity contribution in [3.63, 3.8) is 0 Å². The normalized spacial score (nSPS) is 15.7. The SMILES string of the molecule is C=CCOC(=O)NC1CN(C(=Nc2cccc(OC(F)F)c2)NC#N)N=C1c1ccc(Cl)c(Cl)c1.CCCC1CN(C(=Nc2cccc(OC(F)F)c2)NC#N)N=C1c1ccc(Cl)c(Cl)c1.CCN(C(=O)CCC(=O)OCC1c2ccccc2-c2ccccc21)C1CN(C(=Nc2cccc(OC(F)F)c2)NC#N)N=C1c1ccc(Cl)c(Cl)c1.N#CNC(=Nc1cccc(OC(F)F)c1)N1CC(N)C(c2ccc(Cl)c(Cl)c2)=N1. The van der Waals surface area contributed by atoms with Crippen LogP contribution in [-0.4, -0.2) is 180 Å². The third-order valence-corrected chi connectivity index (χ3v) is 24.6. The highest BCUT2D eigenvalue weighted by molar-refractivity contribution is 6.44. The Morgan fingerprint density at radius 3 is 1.20 bits per heavy atom. The minimum Gasteiger partial charge on any atom is -0.465 e. The first-order chi connectivity index (χ1) is 70.7. The lowest BCUT2D eigenvalue weighted by atomic mass is 9.93. The number of nitrogens with zero attached hydrogens (tertiary/aromatic N) is 17. The molecular weight excluding hydrogens is 2090 g/mol. The van der Waals surface area contributed by atoms with Gasteiger partial charge in [-0.2, -0.15) is 76.6 Å². The van der Waals surface area contributed by atoms with Crippen LogP contribution in [0.4, 0.5) is 62.7 Å². The van der Waals surface area contributed by atoms with E-state index >= 15 is 0 Å². The molecule has 147 heavy (non-hydrogen) atoms. The Morgan fingerprint density at radius 1 is 0.449 bits per heavy atom. The maximum absolute atomic E-state index is 13.8. The van der Waals surface area contributed by atoms with Crippen molar-refractivity contribution in [2.45, 2.75) is 90.0 Å². The zero-order valence-electron chi connectivity index (χ0n) is 76.9. The fraction of sp³-hybridized carbons (Fsp3) is 0.222. The van der Waals surface area contributed by atoms with Crippen LogP contribution in [0.3, 0.4) is 0 Å². The Morgan fingerprint density at radius 2 is 0.810 bits per heavy atom. The lowest BCUT2D eigenvalue weighted by molar-refractivity contribution is -0.146. The van der Waals surface area contributed by atoms with Gasteiger partial charge in [0.15, 0.2) is 24.8 Å². The zero-order valence-corrected chi connectivity index (χ0v) is 83.0. The van der Waals surface area contributed by atoms with E-state index in [4.69, 9.17) is 118 Å². The van der Waals surface area contributed by atoms with Gasteiger partial charge in [-0.05, 0) is 138 Å². The summed E-state index contributed by atoms with van der Waals surface area (Å²) in [5.41, 5.74) is 16.4. The van der Waals surface area contributed by atoms with Crippen LogP contribution >= 0.6 is 92.8 Å². The third-order valence-electron chi connectivity index (χ3n) is 21.6. The molecule has 0 radical (unpaired) electrons. The van der Waals surface area contributed by atoms with Crippen molar-refractivity contribution in [3.05, 3.63) is 305 Å². The van der Waals surface area contributed by atoms with Crippen LogP contribution < -0.4 is 51.3 Å². The van der Waals surface area contributed by atoms with Gasteiger partial charge in [-0.15, -0.1) is 0 Å². The highest BCUT2D eigenvalue weighted by atomic mass is 35.5. The maximum atomic E-state index is 13.8. The molecule has 0 bridgehead atoms.